The number of hydrogen-bond acceptors (Lipinski definition) is 8. The Morgan fingerprint density at radius 1 is 0.646 bits per heavy atom. The van der Waals surface area contributed by atoms with Crippen LogP contribution >= 0.6 is 11.8 Å². The summed E-state index contributed by atoms with van der Waals surface area (Å²) in [7, 11) is 0. The maximum Gasteiger partial charge on any atom is 0.327 e. The summed E-state index contributed by atoms with van der Waals surface area (Å²) in [5.74, 6) is -5.99. The van der Waals surface area contributed by atoms with Crippen molar-refractivity contribution in [1.82, 2.24) is 16.0 Å². The van der Waals surface area contributed by atoms with E-state index in [1.54, 1.807) is 24.3 Å². The molecule has 0 saturated heterocycles. The molecule has 48 heavy (non-hydrogen) atoms. The molecule has 13 nitrogen and oxygen atoms in total. The molecule has 0 aliphatic rings. The lowest BCUT2D eigenvalue weighted by Crippen LogP contribution is -2.52. The minimum absolute atomic E-state index is 0.0674. The Morgan fingerprint density at radius 3 is 1.71 bits per heavy atom. The van der Waals surface area contributed by atoms with Crippen molar-refractivity contribution in [2.24, 2.45) is 5.73 Å². The first-order valence-electron chi connectivity index (χ1n) is 16.9. The summed E-state index contributed by atoms with van der Waals surface area (Å²) in [5.41, 5.74) is 6.18. The molecule has 14 heteroatoms. The van der Waals surface area contributed by atoms with E-state index in [9.17, 15) is 39.0 Å². The van der Waals surface area contributed by atoms with Gasteiger partial charge in [-0.2, -0.15) is 11.8 Å². The molecule has 0 heterocycles. The summed E-state index contributed by atoms with van der Waals surface area (Å²) in [6.07, 6.45) is 12.2. The predicted octanol–water partition coefficient (Wildman–Crippen LogP) is 3.48. The first-order chi connectivity index (χ1) is 22.9. The van der Waals surface area contributed by atoms with Gasteiger partial charge in [-0.25, -0.2) is 9.59 Å². The quantitative estimate of drug-likeness (QED) is 0.0629. The molecule has 0 spiro atoms. The summed E-state index contributed by atoms with van der Waals surface area (Å²) in [5, 5.41) is 35.5. The van der Waals surface area contributed by atoms with Crippen molar-refractivity contribution in [3.63, 3.8) is 0 Å². The SMILES string of the molecule is CCCCCCCCCCCCCC(=O)N[C@@H](Cc1ccccc1)C(=O)N[C@H](CCC(=O)N[C@H](CSC[C@H](N)C(=O)O)C(=O)O)C(=O)O. The molecule has 0 bridgehead atoms. The van der Waals surface area contributed by atoms with Crippen molar-refractivity contribution in [2.75, 3.05) is 11.5 Å². The lowest BCUT2D eigenvalue weighted by atomic mass is 10.0. The Morgan fingerprint density at radius 2 is 1.17 bits per heavy atom. The topological polar surface area (TPSA) is 225 Å². The molecule has 0 fully saturated rings. The Labute approximate surface area is 287 Å². The highest BCUT2D eigenvalue weighted by atomic mass is 32.2. The second kappa shape index (κ2) is 25.4. The molecule has 0 aromatic heterocycles. The molecule has 1 aromatic rings. The van der Waals surface area contributed by atoms with Crippen molar-refractivity contribution in [3.05, 3.63) is 35.9 Å². The van der Waals surface area contributed by atoms with Crippen LogP contribution in [0.2, 0.25) is 0 Å². The van der Waals surface area contributed by atoms with Gasteiger partial charge in [0.25, 0.3) is 0 Å². The van der Waals surface area contributed by atoms with Gasteiger partial charge in [-0.1, -0.05) is 101 Å². The average Bonchev–Trinajstić information content (AvgIpc) is 3.04. The summed E-state index contributed by atoms with van der Waals surface area (Å²) in [6.45, 7) is 2.21. The summed E-state index contributed by atoms with van der Waals surface area (Å²) in [6, 6.07) is 3.91. The number of carboxylic acids is 3. The smallest absolute Gasteiger partial charge is 0.327 e. The normalized spacial score (nSPS) is 13.5. The van der Waals surface area contributed by atoms with Gasteiger partial charge in [0.15, 0.2) is 0 Å². The number of carbonyl (C=O) groups excluding carboxylic acids is 3. The largest absolute Gasteiger partial charge is 0.480 e. The van der Waals surface area contributed by atoms with E-state index in [2.05, 4.69) is 22.9 Å². The molecule has 0 aliphatic carbocycles. The predicted molar refractivity (Wildman–Crippen MR) is 184 cm³/mol. The first-order valence-corrected chi connectivity index (χ1v) is 18.0. The number of aliphatic carboxylic acids is 3. The number of nitrogens with two attached hydrogens (primary N) is 1. The number of rotatable bonds is 28. The van der Waals surface area contributed by atoms with Crippen LogP contribution < -0.4 is 21.7 Å². The monoisotopic (exact) mass is 694 g/mol. The molecule has 8 N–H and O–H groups in total. The zero-order valence-corrected chi connectivity index (χ0v) is 28.8. The highest BCUT2D eigenvalue weighted by Gasteiger charge is 2.28. The number of thioether (sulfide) groups is 1. The second-order valence-corrected chi connectivity index (χ2v) is 13.0. The van der Waals surface area contributed by atoms with Crippen LogP contribution in [0.5, 0.6) is 0 Å². The minimum Gasteiger partial charge on any atom is -0.480 e. The molecule has 1 aromatic carbocycles. The van der Waals surface area contributed by atoms with Gasteiger partial charge in [0.2, 0.25) is 17.7 Å². The standard InChI is InChI=1S/C34H54N4O9S/c1-2-3-4-5-6-7-8-9-10-11-15-18-29(39)36-27(21-24-16-13-12-14-17-24)31(41)38-26(33(44)45)19-20-30(40)37-28(34(46)47)23-48-22-25(35)32(42)43/h12-14,16-17,25-28H,2-11,15,18-23,35H2,1H3,(H,36,39)(H,37,40)(H,38,41)(H,42,43)(H,44,45)(H,46,47)/t25-,26+,27-,28+/m0/s1. The summed E-state index contributed by atoms with van der Waals surface area (Å²) in [4.78, 5) is 72.9. The van der Waals surface area contributed by atoms with E-state index in [1.165, 1.54) is 44.9 Å². The molecule has 0 unspecified atom stereocenters. The molecule has 1 rings (SSSR count). The fourth-order valence-electron chi connectivity index (χ4n) is 4.91. The fourth-order valence-corrected chi connectivity index (χ4v) is 5.90. The van der Waals surface area contributed by atoms with Crippen LogP contribution in [0.3, 0.4) is 0 Å². The van der Waals surface area contributed by atoms with Crippen LogP contribution in [0.15, 0.2) is 30.3 Å². The van der Waals surface area contributed by atoms with Crippen LogP contribution in [0.1, 0.15) is 102 Å². The van der Waals surface area contributed by atoms with E-state index in [0.29, 0.717) is 6.42 Å². The van der Waals surface area contributed by atoms with Crippen LogP contribution in [-0.4, -0.2) is 86.6 Å². The van der Waals surface area contributed by atoms with Gasteiger partial charge in [-0.15, -0.1) is 0 Å². The molecule has 270 valence electrons. The average molecular weight is 695 g/mol. The van der Waals surface area contributed by atoms with E-state index in [4.69, 9.17) is 10.8 Å². The van der Waals surface area contributed by atoms with Gasteiger partial charge in [0, 0.05) is 30.8 Å². The Bertz CT molecular complexity index is 1140. The number of carbonyl (C=O) groups is 6. The molecule has 0 aliphatic heterocycles. The molecule has 0 radical (unpaired) electrons. The third kappa shape index (κ3) is 19.9. The maximum absolute atomic E-state index is 13.3. The molecule has 3 amide bonds. The zero-order valence-electron chi connectivity index (χ0n) is 28.0. The van der Waals surface area contributed by atoms with Crippen molar-refractivity contribution < 1.29 is 44.1 Å². The van der Waals surface area contributed by atoms with Crippen LogP contribution in [-0.2, 0) is 35.2 Å². The zero-order chi connectivity index (χ0) is 35.7. The van der Waals surface area contributed by atoms with Crippen molar-refractivity contribution in [3.8, 4) is 0 Å². The Balaban J connectivity index is 2.65. The summed E-state index contributed by atoms with van der Waals surface area (Å²) >= 11 is 0.940. The van der Waals surface area contributed by atoms with Crippen LogP contribution in [0.4, 0.5) is 0 Å². The second-order valence-electron chi connectivity index (χ2n) is 12.0. The van der Waals surface area contributed by atoms with Gasteiger partial charge < -0.3 is 37.0 Å². The Kier molecular flexibility index (Phi) is 22.4. The van der Waals surface area contributed by atoms with Gasteiger partial charge >= 0.3 is 17.9 Å². The number of nitrogens with one attached hydrogen (secondary N) is 3. The van der Waals surface area contributed by atoms with E-state index in [-0.39, 0.29) is 36.7 Å². The lowest BCUT2D eigenvalue weighted by Gasteiger charge is -2.22. The first kappa shape index (κ1) is 42.4. The van der Waals surface area contributed by atoms with Crippen molar-refractivity contribution in [1.29, 1.82) is 0 Å². The Hall–Kier alpha value is -3.65. The highest BCUT2D eigenvalue weighted by molar-refractivity contribution is 7.99. The molecule has 4 atom stereocenters. The van der Waals surface area contributed by atoms with E-state index in [0.717, 1.165) is 36.6 Å². The van der Waals surface area contributed by atoms with Crippen molar-refractivity contribution >= 4 is 47.4 Å². The minimum atomic E-state index is -1.48. The van der Waals surface area contributed by atoms with E-state index in [1.807, 2.05) is 6.07 Å². The highest BCUT2D eigenvalue weighted by Crippen LogP contribution is 2.13. The molecule has 0 saturated carbocycles. The fraction of sp³-hybridized carbons (Fsp3) is 0.647. The summed E-state index contributed by atoms with van der Waals surface area (Å²) < 4.78 is 0. The van der Waals surface area contributed by atoms with E-state index < -0.39 is 60.3 Å². The van der Waals surface area contributed by atoms with Gasteiger partial charge in [0.1, 0.15) is 24.2 Å². The maximum atomic E-state index is 13.3. The third-order valence-corrected chi connectivity index (χ3v) is 8.91. The number of amides is 3. The molecular formula is C34H54N4O9S. The van der Waals surface area contributed by atoms with Gasteiger partial charge in [-0.05, 0) is 18.4 Å². The van der Waals surface area contributed by atoms with E-state index >= 15 is 0 Å². The number of carboxylic acid groups (broad SMARTS) is 3. The number of hydrogen-bond donors (Lipinski definition) is 7. The van der Waals surface area contributed by atoms with Gasteiger partial charge in [-0.3, -0.25) is 19.2 Å². The number of unbranched alkanes of at least 4 members (excludes halogenated alkanes) is 10. The van der Waals surface area contributed by atoms with Crippen LogP contribution in [0.25, 0.3) is 0 Å². The lowest BCUT2D eigenvalue weighted by molar-refractivity contribution is -0.143. The van der Waals surface area contributed by atoms with Crippen molar-refractivity contribution in [2.45, 2.75) is 127 Å². The van der Waals surface area contributed by atoms with Crippen LogP contribution in [0, 0.1) is 0 Å². The molecular weight excluding hydrogens is 640 g/mol. The number of benzene rings is 1. The third-order valence-electron chi connectivity index (χ3n) is 7.75. The van der Waals surface area contributed by atoms with Gasteiger partial charge in [0.05, 0.1) is 0 Å².